The Morgan fingerprint density at radius 1 is 1.12 bits per heavy atom. The van der Waals surface area contributed by atoms with Crippen LogP contribution in [-0.2, 0) is 11.3 Å². The van der Waals surface area contributed by atoms with Crippen molar-refractivity contribution in [2.24, 2.45) is 0 Å². The predicted octanol–water partition coefficient (Wildman–Crippen LogP) is 2.91. The first kappa shape index (κ1) is 16.9. The number of thiophene rings is 1. The number of benzene rings is 1. The van der Waals surface area contributed by atoms with Crippen molar-refractivity contribution in [3.05, 3.63) is 59.2 Å². The number of carbonyl (C=O) groups is 1. The molecule has 2 heterocycles. The van der Waals surface area contributed by atoms with Crippen LogP contribution in [-0.4, -0.2) is 29.6 Å². The first-order chi connectivity index (χ1) is 12.3. The van der Waals surface area contributed by atoms with E-state index in [4.69, 9.17) is 9.47 Å². The molecule has 0 radical (unpaired) electrons. The van der Waals surface area contributed by atoms with Crippen LogP contribution in [0.4, 0.5) is 0 Å². The van der Waals surface area contributed by atoms with Crippen LogP contribution in [0.5, 0.6) is 11.5 Å². The summed E-state index contributed by atoms with van der Waals surface area (Å²) in [6.07, 6.45) is 3.26. The first-order valence-electron chi connectivity index (χ1n) is 7.62. The number of amides is 1. The van der Waals surface area contributed by atoms with E-state index in [1.54, 1.807) is 55.1 Å². The Labute approximate surface area is 149 Å². The zero-order chi connectivity index (χ0) is 17.5. The van der Waals surface area contributed by atoms with Crippen molar-refractivity contribution in [2.45, 2.75) is 6.54 Å². The van der Waals surface area contributed by atoms with Crippen LogP contribution in [0.1, 0.15) is 5.69 Å². The Morgan fingerprint density at radius 2 is 1.88 bits per heavy atom. The van der Waals surface area contributed by atoms with E-state index in [0.717, 1.165) is 22.7 Å². The number of hydrogen-bond donors (Lipinski definition) is 1. The minimum atomic E-state index is -0.224. The normalized spacial score (nSPS) is 10.3. The number of carbonyl (C=O) groups excluding carboxylic acids is 1. The van der Waals surface area contributed by atoms with Crippen molar-refractivity contribution in [3.8, 4) is 22.8 Å². The number of hydrogen-bond acceptors (Lipinski definition) is 6. The molecule has 2 aromatic heterocycles. The number of nitrogens with one attached hydrogen (secondary N) is 1. The van der Waals surface area contributed by atoms with Gasteiger partial charge in [-0.3, -0.25) is 14.8 Å². The standard InChI is InChI=1S/C18H17N3O3S/c1-23-14-2-4-15(5-3-14)24-11-17(22)21-10-16-18(20-8-7-19-16)13-6-9-25-12-13/h2-9,12H,10-11H2,1H3,(H,21,22). The zero-order valence-electron chi connectivity index (χ0n) is 13.6. The van der Waals surface area contributed by atoms with Crippen LogP contribution in [0.25, 0.3) is 11.3 Å². The van der Waals surface area contributed by atoms with Crippen LogP contribution in [0.15, 0.2) is 53.5 Å². The van der Waals surface area contributed by atoms with Gasteiger partial charge in [0.25, 0.3) is 5.91 Å². The van der Waals surface area contributed by atoms with E-state index in [-0.39, 0.29) is 12.5 Å². The molecule has 0 atom stereocenters. The molecule has 1 amide bonds. The number of rotatable bonds is 7. The highest BCUT2D eigenvalue weighted by Crippen LogP contribution is 2.22. The lowest BCUT2D eigenvalue weighted by Gasteiger charge is -2.09. The van der Waals surface area contributed by atoms with Gasteiger partial charge in [0.2, 0.25) is 0 Å². The maximum Gasteiger partial charge on any atom is 0.258 e. The minimum absolute atomic E-state index is 0.0691. The lowest BCUT2D eigenvalue weighted by Crippen LogP contribution is -2.29. The molecule has 0 aliphatic carbocycles. The summed E-state index contributed by atoms with van der Waals surface area (Å²) in [6.45, 7) is 0.226. The fourth-order valence-corrected chi connectivity index (χ4v) is 2.83. The first-order valence-corrected chi connectivity index (χ1v) is 8.56. The molecule has 3 rings (SSSR count). The molecule has 1 N–H and O–H groups in total. The third-order valence-electron chi connectivity index (χ3n) is 3.45. The summed E-state index contributed by atoms with van der Waals surface area (Å²) in [6, 6.07) is 9.04. The van der Waals surface area contributed by atoms with Crippen LogP contribution >= 0.6 is 11.3 Å². The quantitative estimate of drug-likeness (QED) is 0.705. The van der Waals surface area contributed by atoms with Gasteiger partial charge in [-0.1, -0.05) is 0 Å². The summed E-state index contributed by atoms with van der Waals surface area (Å²) in [5, 5.41) is 6.79. The van der Waals surface area contributed by atoms with Crippen molar-refractivity contribution in [3.63, 3.8) is 0 Å². The molecule has 0 spiro atoms. The molecule has 0 aliphatic rings. The van der Waals surface area contributed by atoms with Gasteiger partial charge in [0.1, 0.15) is 11.5 Å². The average molecular weight is 355 g/mol. The van der Waals surface area contributed by atoms with Gasteiger partial charge in [-0.15, -0.1) is 0 Å². The van der Waals surface area contributed by atoms with Gasteiger partial charge in [-0.25, -0.2) is 0 Å². The fourth-order valence-electron chi connectivity index (χ4n) is 2.19. The second-order valence-electron chi connectivity index (χ2n) is 5.10. The summed E-state index contributed by atoms with van der Waals surface area (Å²) < 4.78 is 10.5. The van der Waals surface area contributed by atoms with Crippen molar-refractivity contribution in [1.82, 2.24) is 15.3 Å². The molecule has 0 saturated carbocycles. The van der Waals surface area contributed by atoms with E-state index in [1.165, 1.54) is 0 Å². The summed E-state index contributed by atoms with van der Waals surface area (Å²) in [5.74, 6) is 1.12. The van der Waals surface area contributed by atoms with E-state index in [0.29, 0.717) is 12.3 Å². The summed E-state index contributed by atoms with van der Waals surface area (Å²) in [7, 11) is 1.60. The summed E-state index contributed by atoms with van der Waals surface area (Å²) in [4.78, 5) is 20.7. The highest BCUT2D eigenvalue weighted by Gasteiger charge is 2.10. The van der Waals surface area contributed by atoms with Gasteiger partial charge in [-0.2, -0.15) is 11.3 Å². The SMILES string of the molecule is COc1ccc(OCC(=O)NCc2nccnc2-c2ccsc2)cc1. The molecular weight excluding hydrogens is 338 g/mol. The van der Waals surface area contributed by atoms with E-state index in [1.807, 2.05) is 16.8 Å². The highest BCUT2D eigenvalue weighted by molar-refractivity contribution is 7.08. The Bertz CT molecular complexity index is 820. The number of methoxy groups -OCH3 is 1. The van der Waals surface area contributed by atoms with Crippen LogP contribution in [0, 0.1) is 0 Å². The molecule has 0 aliphatic heterocycles. The van der Waals surface area contributed by atoms with Gasteiger partial charge in [0, 0.05) is 23.3 Å². The molecule has 6 nitrogen and oxygen atoms in total. The molecule has 0 fully saturated rings. The molecule has 0 saturated heterocycles. The van der Waals surface area contributed by atoms with Crippen LogP contribution < -0.4 is 14.8 Å². The molecule has 25 heavy (non-hydrogen) atoms. The molecule has 0 unspecified atom stereocenters. The molecule has 128 valence electrons. The molecular formula is C18H17N3O3S. The van der Waals surface area contributed by atoms with E-state index < -0.39 is 0 Å². The number of ether oxygens (including phenoxy) is 2. The zero-order valence-corrected chi connectivity index (χ0v) is 14.5. The van der Waals surface area contributed by atoms with Crippen LogP contribution in [0.3, 0.4) is 0 Å². The van der Waals surface area contributed by atoms with Gasteiger partial charge in [0.05, 0.1) is 25.0 Å². The largest absolute Gasteiger partial charge is 0.497 e. The summed E-state index contributed by atoms with van der Waals surface area (Å²) in [5.41, 5.74) is 2.50. The minimum Gasteiger partial charge on any atom is -0.497 e. The molecule has 7 heteroatoms. The van der Waals surface area contributed by atoms with Crippen LogP contribution in [0.2, 0.25) is 0 Å². The molecule has 0 bridgehead atoms. The molecule has 3 aromatic rings. The third-order valence-corrected chi connectivity index (χ3v) is 4.13. The van der Waals surface area contributed by atoms with E-state index >= 15 is 0 Å². The van der Waals surface area contributed by atoms with Crippen molar-refractivity contribution in [1.29, 1.82) is 0 Å². The summed E-state index contributed by atoms with van der Waals surface area (Å²) >= 11 is 1.59. The van der Waals surface area contributed by atoms with Gasteiger partial charge >= 0.3 is 0 Å². The third kappa shape index (κ3) is 4.54. The van der Waals surface area contributed by atoms with Crippen molar-refractivity contribution < 1.29 is 14.3 Å². The maximum absolute atomic E-state index is 12.0. The lowest BCUT2D eigenvalue weighted by molar-refractivity contribution is -0.123. The number of aromatic nitrogens is 2. The Kier molecular flexibility index (Phi) is 5.58. The second-order valence-corrected chi connectivity index (χ2v) is 5.88. The highest BCUT2D eigenvalue weighted by atomic mass is 32.1. The Hall–Kier alpha value is -2.93. The van der Waals surface area contributed by atoms with E-state index in [9.17, 15) is 4.79 Å². The lowest BCUT2D eigenvalue weighted by atomic mass is 10.2. The fraction of sp³-hybridized carbons (Fsp3) is 0.167. The second kappa shape index (κ2) is 8.25. The van der Waals surface area contributed by atoms with Gasteiger partial charge in [-0.05, 0) is 35.7 Å². The average Bonchev–Trinajstić information content (AvgIpc) is 3.20. The number of nitrogens with zero attached hydrogens (tertiary/aromatic N) is 2. The van der Waals surface area contributed by atoms with Crippen molar-refractivity contribution >= 4 is 17.2 Å². The maximum atomic E-state index is 12.0. The topological polar surface area (TPSA) is 73.3 Å². The van der Waals surface area contributed by atoms with Gasteiger partial charge in [0.15, 0.2) is 6.61 Å². The molecule has 1 aromatic carbocycles. The smallest absolute Gasteiger partial charge is 0.258 e. The monoisotopic (exact) mass is 355 g/mol. The van der Waals surface area contributed by atoms with E-state index in [2.05, 4.69) is 15.3 Å². The Balaban J connectivity index is 1.54. The Morgan fingerprint density at radius 3 is 2.60 bits per heavy atom. The van der Waals surface area contributed by atoms with Gasteiger partial charge < -0.3 is 14.8 Å². The van der Waals surface area contributed by atoms with Crippen molar-refractivity contribution in [2.75, 3.05) is 13.7 Å². The predicted molar refractivity (Wildman–Crippen MR) is 95.7 cm³/mol.